The number of carboxylic acid groups (broad SMARTS) is 1. The molecule has 1 N–H and O–H groups in total. The highest BCUT2D eigenvalue weighted by Crippen LogP contribution is 2.33. The summed E-state index contributed by atoms with van der Waals surface area (Å²) in [4.78, 5) is 10.9. The Morgan fingerprint density at radius 2 is 2.19 bits per heavy atom. The maximum Gasteiger partial charge on any atom is 0.310 e. The molecule has 0 radical (unpaired) electrons. The minimum atomic E-state index is -3.97. The molecule has 1 unspecified atom stereocenters. The lowest BCUT2D eigenvalue weighted by molar-refractivity contribution is -0.146. The van der Waals surface area contributed by atoms with Gasteiger partial charge in [0, 0.05) is 13.1 Å². The van der Waals surface area contributed by atoms with Crippen molar-refractivity contribution in [2.24, 2.45) is 5.41 Å². The molecular weight excluding hydrogens is 299 g/mol. The fraction of sp³-hybridized carbons (Fsp3) is 0.385. The fourth-order valence-electron chi connectivity index (χ4n) is 2.19. The lowest BCUT2D eigenvalue weighted by Gasteiger charge is -2.20. The van der Waals surface area contributed by atoms with Gasteiger partial charge in [0.15, 0.2) is 0 Å². The van der Waals surface area contributed by atoms with Gasteiger partial charge in [0.1, 0.15) is 11.9 Å². The first kappa shape index (κ1) is 15.4. The molecule has 0 amide bonds. The zero-order chi connectivity index (χ0) is 15.8. The number of carboxylic acids is 1. The van der Waals surface area contributed by atoms with Gasteiger partial charge in [-0.3, -0.25) is 4.79 Å². The monoisotopic (exact) mass is 312 g/mol. The van der Waals surface area contributed by atoms with Crippen molar-refractivity contribution in [3.8, 4) is 6.07 Å². The van der Waals surface area contributed by atoms with Crippen LogP contribution in [0.4, 0.5) is 4.39 Å². The van der Waals surface area contributed by atoms with E-state index in [1.165, 1.54) is 6.92 Å². The maximum atomic E-state index is 13.5. The van der Waals surface area contributed by atoms with Crippen LogP contribution in [0.3, 0.4) is 0 Å². The summed E-state index contributed by atoms with van der Waals surface area (Å²) < 4.78 is 39.3. The molecular formula is C13H13FN2O4S. The van der Waals surface area contributed by atoms with E-state index in [1.54, 1.807) is 6.07 Å². The van der Waals surface area contributed by atoms with E-state index in [-0.39, 0.29) is 30.0 Å². The molecule has 21 heavy (non-hydrogen) atoms. The average molecular weight is 312 g/mol. The third-order valence-electron chi connectivity index (χ3n) is 3.65. The van der Waals surface area contributed by atoms with Gasteiger partial charge in [0.2, 0.25) is 10.0 Å². The van der Waals surface area contributed by atoms with Crippen LogP contribution in [0.1, 0.15) is 18.9 Å². The number of nitrogens with zero attached hydrogens (tertiary/aromatic N) is 2. The van der Waals surface area contributed by atoms with Crippen LogP contribution in [-0.4, -0.2) is 36.9 Å². The Bertz CT molecular complexity index is 741. The van der Waals surface area contributed by atoms with Crippen LogP contribution in [0.15, 0.2) is 23.1 Å². The summed E-state index contributed by atoms with van der Waals surface area (Å²) in [6.45, 7) is 1.38. The molecule has 0 aliphatic carbocycles. The maximum absolute atomic E-state index is 13.5. The highest BCUT2D eigenvalue weighted by molar-refractivity contribution is 7.89. The van der Waals surface area contributed by atoms with Gasteiger partial charge in [0.05, 0.1) is 15.9 Å². The number of carbonyl (C=O) groups is 1. The summed E-state index contributed by atoms with van der Waals surface area (Å²) in [5.74, 6) is -1.98. The summed E-state index contributed by atoms with van der Waals surface area (Å²) in [5.41, 5.74) is -1.39. The average Bonchev–Trinajstić information content (AvgIpc) is 2.83. The minimum absolute atomic E-state index is 0.0623. The van der Waals surface area contributed by atoms with Gasteiger partial charge in [0.25, 0.3) is 0 Å². The molecule has 1 aliphatic rings. The van der Waals surface area contributed by atoms with E-state index >= 15 is 0 Å². The summed E-state index contributed by atoms with van der Waals surface area (Å²) in [7, 11) is -3.97. The molecule has 112 valence electrons. The second-order valence-corrected chi connectivity index (χ2v) is 7.15. The van der Waals surface area contributed by atoms with Gasteiger partial charge in [-0.05, 0) is 31.5 Å². The van der Waals surface area contributed by atoms with E-state index in [0.717, 1.165) is 22.5 Å². The predicted octanol–water partition coefficient (Wildman–Crippen LogP) is 1.18. The molecule has 1 fully saturated rings. The van der Waals surface area contributed by atoms with Crippen LogP contribution in [0.5, 0.6) is 0 Å². The van der Waals surface area contributed by atoms with Crippen LogP contribution in [0.25, 0.3) is 0 Å². The highest BCUT2D eigenvalue weighted by Gasteiger charge is 2.44. The quantitative estimate of drug-likeness (QED) is 0.903. The van der Waals surface area contributed by atoms with Gasteiger partial charge in [-0.1, -0.05) is 0 Å². The Morgan fingerprint density at radius 1 is 1.52 bits per heavy atom. The smallest absolute Gasteiger partial charge is 0.310 e. The van der Waals surface area contributed by atoms with Gasteiger partial charge in [-0.2, -0.15) is 9.57 Å². The molecule has 1 atom stereocenters. The van der Waals surface area contributed by atoms with Crippen LogP contribution in [0.2, 0.25) is 0 Å². The molecule has 0 spiro atoms. The lowest BCUT2D eigenvalue weighted by Crippen LogP contribution is -2.34. The summed E-state index contributed by atoms with van der Waals surface area (Å²) >= 11 is 0. The topological polar surface area (TPSA) is 98.5 Å². The van der Waals surface area contributed by atoms with Gasteiger partial charge in [-0.25, -0.2) is 12.8 Å². The SMILES string of the molecule is CC1(C(=O)O)CCN(S(=O)(=O)c2ccc(C#N)c(F)c2)C1. The Hall–Kier alpha value is -1.98. The summed E-state index contributed by atoms with van der Waals surface area (Å²) in [5, 5.41) is 17.8. The Labute approximate surface area is 121 Å². The first-order valence-corrected chi connectivity index (χ1v) is 7.58. The van der Waals surface area contributed by atoms with Crippen LogP contribution in [0, 0.1) is 22.6 Å². The number of nitriles is 1. The molecule has 8 heteroatoms. The van der Waals surface area contributed by atoms with Gasteiger partial charge < -0.3 is 5.11 Å². The second-order valence-electron chi connectivity index (χ2n) is 5.21. The molecule has 0 bridgehead atoms. The van der Waals surface area contributed by atoms with E-state index in [1.807, 2.05) is 0 Å². The van der Waals surface area contributed by atoms with Gasteiger partial charge >= 0.3 is 5.97 Å². The lowest BCUT2D eigenvalue weighted by atomic mass is 9.90. The molecule has 1 saturated heterocycles. The number of halogens is 1. The van der Waals surface area contributed by atoms with Crippen molar-refractivity contribution in [3.05, 3.63) is 29.6 Å². The predicted molar refractivity (Wildman–Crippen MR) is 70.2 cm³/mol. The number of hydrogen-bond acceptors (Lipinski definition) is 4. The Balaban J connectivity index is 2.34. The number of hydrogen-bond donors (Lipinski definition) is 1. The largest absolute Gasteiger partial charge is 0.481 e. The number of sulfonamides is 1. The van der Waals surface area contributed by atoms with Crippen molar-refractivity contribution in [1.29, 1.82) is 5.26 Å². The highest BCUT2D eigenvalue weighted by atomic mass is 32.2. The van der Waals surface area contributed by atoms with Crippen LogP contribution >= 0.6 is 0 Å². The van der Waals surface area contributed by atoms with Crippen molar-refractivity contribution in [2.45, 2.75) is 18.2 Å². The zero-order valence-electron chi connectivity index (χ0n) is 11.2. The van der Waals surface area contributed by atoms with Crippen molar-refractivity contribution >= 4 is 16.0 Å². The van der Waals surface area contributed by atoms with Crippen molar-refractivity contribution in [2.75, 3.05) is 13.1 Å². The van der Waals surface area contributed by atoms with Crippen molar-refractivity contribution in [3.63, 3.8) is 0 Å². The van der Waals surface area contributed by atoms with Crippen LogP contribution in [-0.2, 0) is 14.8 Å². The van der Waals surface area contributed by atoms with Crippen LogP contribution < -0.4 is 0 Å². The molecule has 1 heterocycles. The normalized spacial score (nSPS) is 22.9. The first-order valence-electron chi connectivity index (χ1n) is 6.14. The third-order valence-corrected chi connectivity index (χ3v) is 5.49. The zero-order valence-corrected chi connectivity index (χ0v) is 12.0. The summed E-state index contributed by atoms with van der Waals surface area (Å²) in [6.07, 6.45) is 0.195. The molecule has 2 rings (SSSR count). The number of rotatable bonds is 3. The van der Waals surface area contributed by atoms with E-state index in [0.29, 0.717) is 0 Å². The van der Waals surface area contributed by atoms with E-state index in [4.69, 9.17) is 10.4 Å². The molecule has 6 nitrogen and oxygen atoms in total. The number of benzene rings is 1. The first-order chi connectivity index (χ1) is 9.70. The molecule has 1 aromatic rings. The second kappa shape index (κ2) is 5.09. The minimum Gasteiger partial charge on any atom is -0.481 e. The fourth-order valence-corrected chi connectivity index (χ4v) is 3.77. The standard InChI is InChI=1S/C13H13FN2O4S/c1-13(12(17)18)4-5-16(8-13)21(19,20)10-3-2-9(7-15)11(14)6-10/h2-3,6H,4-5,8H2,1H3,(H,17,18). The van der Waals surface area contributed by atoms with Crippen molar-refractivity contribution in [1.82, 2.24) is 4.31 Å². The van der Waals surface area contributed by atoms with Crippen molar-refractivity contribution < 1.29 is 22.7 Å². The Kier molecular flexibility index (Phi) is 3.74. The summed E-state index contributed by atoms with van der Waals surface area (Å²) in [6, 6.07) is 4.63. The van der Waals surface area contributed by atoms with E-state index in [9.17, 15) is 17.6 Å². The molecule has 1 aliphatic heterocycles. The third kappa shape index (κ3) is 2.62. The molecule has 1 aromatic carbocycles. The molecule has 0 aromatic heterocycles. The van der Waals surface area contributed by atoms with E-state index in [2.05, 4.69) is 0 Å². The Morgan fingerprint density at radius 3 is 2.67 bits per heavy atom. The van der Waals surface area contributed by atoms with E-state index < -0.39 is 27.2 Å². The number of aliphatic carboxylic acids is 1. The molecule has 0 saturated carbocycles. The van der Waals surface area contributed by atoms with Gasteiger partial charge in [-0.15, -0.1) is 0 Å².